The van der Waals surface area contributed by atoms with Crippen LogP contribution >= 0.6 is 15.9 Å². The summed E-state index contributed by atoms with van der Waals surface area (Å²) in [6.45, 7) is 0. The second kappa shape index (κ2) is 4.34. The Morgan fingerprint density at radius 2 is 1.83 bits per heavy atom. The van der Waals surface area contributed by atoms with Crippen LogP contribution in [-0.2, 0) is 0 Å². The van der Waals surface area contributed by atoms with Gasteiger partial charge in [-0.15, -0.1) is 0 Å². The Morgan fingerprint density at radius 1 is 1.06 bits per heavy atom. The first kappa shape index (κ1) is 11.1. The zero-order valence-electron chi connectivity index (χ0n) is 9.26. The molecule has 3 aromatic rings. The number of benzene rings is 1. The zero-order chi connectivity index (χ0) is 12.5. The van der Waals surface area contributed by atoms with Gasteiger partial charge in [0.1, 0.15) is 5.69 Å². The lowest BCUT2D eigenvalue weighted by atomic mass is 10.0. The summed E-state index contributed by atoms with van der Waals surface area (Å²) in [5, 5.41) is 3.99. The minimum absolute atomic E-state index is 0.300. The van der Waals surface area contributed by atoms with E-state index in [2.05, 4.69) is 21.1 Å². The van der Waals surface area contributed by atoms with E-state index in [0.29, 0.717) is 11.6 Å². The van der Waals surface area contributed by atoms with Crippen LogP contribution in [0.15, 0.2) is 56.3 Å². The molecule has 90 valence electrons. The Morgan fingerprint density at radius 3 is 2.50 bits per heavy atom. The molecule has 5 heteroatoms. The monoisotopic (exact) mass is 304 g/mol. The van der Waals surface area contributed by atoms with Crippen molar-refractivity contribution >= 4 is 21.8 Å². The molecule has 0 aliphatic carbocycles. The third kappa shape index (κ3) is 1.82. The van der Waals surface area contributed by atoms with Gasteiger partial charge in [0.05, 0.1) is 18.1 Å². The normalized spacial score (nSPS) is 10.7. The first-order valence-electron chi connectivity index (χ1n) is 5.29. The highest BCUT2D eigenvalue weighted by Crippen LogP contribution is 2.36. The maximum Gasteiger partial charge on any atom is 0.230 e. The quantitative estimate of drug-likeness (QED) is 0.778. The molecule has 0 radical (unpaired) electrons. The summed E-state index contributed by atoms with van der Waals surface area (Å²) in [5.74, 6) is 0.300. The fourth-order valence-corrected chi connectivity index (χ4v) is 2.06. The molecule has 0 saturated carbocycles. The van der Waals surface area contributed by atoms with Gasteiger partial charge >= 0.3 is 0 Å². The molecular formula is C13H9BrN2O2. The highest BCUT2D eigenvalue weighted by molar-refractivity contribution is 9.10. The van der Waals surface area contributed by atoms with Gasteiger partial charge in [-0.25, -0.2) is 0 Å². The SMILES string of the molecule is Nc1onc(-c2ccoc2)c1-c1ccc(Br)cc1. The van der Waals surface area contributed by atoms with E-state index in [0.717, 1.165) is 21.2 Å². The standard InChI is InChI=1S/C13H9BrN2O2/c14-10-3-1-8(2-4-10)11-12(16-18-13(11)15)9-5-6-17-7-9/h1-7H,15H2. The summed E-state index contributed by atoms with van der Waals surface area (Å²) < 4.78 is 11.1. The molecule has 2 heterocycles. The number of aromatic nitrogens is 1. The topological polar surface area (TPSA) is 65.2 Å². The number of furan rings is 1. The Kier molecular flexibility index (Phi) is 2.68. The summed E-state index contributed by atoms with van der Waals surface area (Å²) in [6, 6.07) is 9.62. The van der Waals surface area contributed by atoms with Crippen molar-refractivity contribution in [3.63, 3.8) is 0 Å². The van der Waals surface area contributed by atoms with Crippen molar-refractivity contribution in [3.8, 4) is 22.4 Å². The van der Waals surface area contributed by atoms with Gasteiger partial charge in [0, 0.05) is 10.0 Å². The number of halogens is 1. The van der Waals surface area contributed by atoms with E-state index in [4.69, 9.17) is 14.7 Å². The Hall–Kier alpha value is -2.01. The van der Waals surface area contributed by atoms with Crippen LogP contribution in [-0.4, -0.2) is 5.16 Å². The van der Waals surface area contributed by atoms with Crippen LogP contribution in [0.3, 0.4) is 0 Å². The van der Waals surface area contributed by atoms with E-state index >= 15 is 0 Å². The molecule has 2 aromatic heterocycles. The second-order valence-corrected chi connectivity index (χ2v) is 4.71. The number of nitrogens with two attached hydrogens (primary N) is 1. The van der Waals surface area contributed by atoms with E-state index in [-0.39, 0.29) is 0 Å². The van der Waals surface area contributed by atoms with Crippen molar-refractivity contribution in [1.29, 1.82) is 0 Å². The van der Waals surface area contributed by atoms with Gasteiger partial charge in [0.15, 0.2) is 0 Å². The van der Waals surface area contributed by atoms with Gasteiger partial charge in [-0.1, -0.05) is 33.2 Å². The smallest absolute Gasteiger partial charge is 0.230 e. The van der Waals surface area contributed by atoms with Crippen molar-refractivity contribution in [2.75, 3.05) is 5.73 Å². The predicted molar refractivity (Wildman–Crippen MR) is 71.8 cm³/mol. The molecule has 1 aromatic carbocycles. The van der Waals surface area contributed by atoms with Crippen molar-refractivity contribution in [2.45, 2.75) is 0 Å². The molecule has 0 aliphatic rings. The summed E-state index contributed by atoms with van der Waals surface area (Å²) in [4.78, 5) is 0. The van der Waals surface area contributed by atoms with Crippen LogP contribution in [0.2, 0.25) is 0 Å². The van der Waals surface area contributed by atoms with E-state index in [1.165, 1.54) is 0 Å². The van der Waals surface area contributed by atoms with E-state index in [1.807, 2.05) is 30.3 Å². The number of anilines is 1. The van der Waals surface area contributed by atoms with Crippen molar-refractivity contribution in [3.05, 3.63) is 47.3 Å². The van der Waals surface area contributed by atoms with Gasteiger partial charge < -0.3 is 14.7 Å². The molecule has 0 unspecified atom stereocenters. The molecule has 4 nitrogen and oxygen atoms in total. The fourth-order valence-electron chi connectivity index (χ4n) is 1.79. The summed E-state index contributed by atoms with van der Waals surface area (Å²) in [7, 11) is 0. The predicted octanol–water partition coefficient (Wildman–Crippen LogP) is 3.95. The molecule has 18 heavy (non-hydrogen) atoms. The minimum atomic E-state index is 0.300. The lowest BCUT2D eigenvalue weighted by Crippen LogP contribution is -1.86. The molecule has 3 rings (SSSR count). The van der Waals surface area contributed by atoms with Gasteiger partial charge in [0.25, 0.3) is 0 Å². The number of rotatable bonds is 2. The summed E-state index contributed by atoms with van der Waals surface area (Å²) >= 11 is 3.40. The van der Waals surface area contributed by atoms with Crippen LogP contribution in [0.1, 0.15) is 0 Å². The molecular weight excluding hydrogens is 296 g/mol. The minimum Gasteiger partial charge on any atom is -0.472 e. The Bertz CT molecular complexity index is 657. The molecule has 0 saturated heterocycles. The molecule has 0 aliphatic heterocycles. The summed E-state index contributed by atoms with van der Waals surface area (Å²) in [6.07, 6.45) is 3.20. The number of nitrogen functional groups attached to an aromatic ring is 1. The molecule has 0 amide bonds. The van der Waals surface area contributed by atoms with Crippen LogP contribution < -0.4 is 5.73 Å². The van der Waals surface area contributed by atoms with Gasteiger partial charge in [-0.3, -0.25) is 0 Å². The number of hydrogen-bond donors (Lipinski definition) is 1. The van der Waals surface area contributed by atoms with Crippen molar-refractivity contribution < 1.29 is 8.94 Å². The fraction of sp³-hybridized carbons (Fsp3) is 0. The largest absolute Gasteiger partial charge is 0.472 e. The number of hydrogen-bond acceptors (Lipinski definition) is 4. The average molecular weight is 305 g/mol. The Balaban J connectivity index is 2.17. The van der Waals surface area contributed by atoms with E-state index in [1.54, 1.807) is 12.5 Å². The van der Waals surface area contributed by atoms with Crippen LogP contribution in [0.4, 0.5) is 5.88 Å². The second-order valence-electron chi connectivity index (χ2n) is 3.79. The molecule has 2 N–H and O–H groups in total. The lowest BCUT2D eigenvalue weighted by Gasteiger charge is -2.01. The molecule has 0 spiro atoms. The van der Waals surface area contributed by atoms with Gasteiger partial charge in [0.2, 0.25) is 5.88 Å². The third-order valence-corrected chi connectivity index (χ3v) is 3.17. The lowest BCUT2D eigenvalue weighted by molar-refractivity contribution is 0.439. The van der Waals surface area contributed by atoms with Crippen LogP contribution in [0, 0.1) is 0 Å². The summed E-state index contributed by atoms with van der Waals surface area (Å²) in [5.41, 5.74) is 9.10. The van der Waals surface area contributed by atoms with Gasteiger partial charge in [-0.05, 0) is 23.8 Å². The van der Waals surface area contributed by atoms with Crippen molar-refractivity contribution in [2.24, 2.45) is 0 Å². The molecule has 0 bridgehead atoms. The average Bonchev–Trinajstić information content (AvgIpc) is 2.99. The van der Waals surface area contributed by atoms with E-state index < -0.39 is 0 Å². The van der Waals surface area contributed by atoms with Crippen LogP contribution in [0.25, 0.3) is 22.4 Å². The van der Waals surface area contributed by atoms with E-state index in [9.17, 15) is 0 Å². The third-order valence-electron chi connectivity index (χ3n) is 2.65. The van der Waals surface area contributed by atoms with Gasteiger partial charge in [-0.2, -0.15) is 0 Å². The first-order valence-corrected chi connectivity index (χ1v) is 6.08. The number of nitrogens with zero attached hydrogens (tertiary/aromatic N) is 1. The maximum atomic E-state index is 5.85. The molecule has 0 fully saturated rings. The first-order chi connectivity index (χ1) is 8.75. The van der Waals surface area contributed by atoms with Crippen LogP contribution in [0.5, 0.6) is 0 Å². The highest BCUT2D eigenvalue weighted by Gasteiger charge is 2.17. The van der Waals surface area contributed by atoms with Crippen molar-refractivity contribution in [1.82, 2.24) is 5.16 Å². The zero-order valence-corrected chi connectivity index (χ0v) is 10.8. The maximum absolute atomic E-state index is 5.85. The Labute approximate surface area is 112 Å². The highest BCUT2D eigenvalue weighted by atomic mass is 79.9. The molecule has 0 atom stereocenters.